The number of nitro groups is 1. The van der Waals surface area contributed by atoms with Crippen LogP contribution in [0.15, 0.2) is 48.5 Å². The summed E-state index contributed by atoms with van der Waals surface area (Å²) in [4.78, 5) is 28.4. The number of carbonyl (C=O) groups excluding carboxylic acids is 1. The minimum absolute atomic E-state index is 0.110. The van der Waals surface area contributed by atoms with Crippen molar-refractivity contribution < 1.29 is 14.5 Å². The normalized spacial score (nSPS) is 10.9. The maximum Gasteiger partial charge on any atom is 0.273 e. The Morgan fingerprint density at radius 2 is 1.88 bits per heavy atom. The van der Waals surface area contributed by atoms with Gasteiger partial charge in [0, 0.05) is 28.6 Å². The van der Waals surface area contributed by atoms with Crippen molar-refractivity contribution >= 4 is 28.3 Å². The fourth-order valence-electron chi connectivity index (χ4n) is 3.66. The van der Waals surface area contributed by atoms with E-state index >= 15 is 0 Å². The first kappa shape index (κ1) is 21.0. The summed E-state index contributed by atoms with van der Waals surface area (Å²) in [6.07, 6.45) is 0. The van der Waals surface area contributed by atoms with Gasteiger partial charge in [-0.15, -0.1) is 0 Å². The van der Waals surface area contributed by atoms with Gasteiger partial charge in [0.1, 0.15) is 17.1 Å². The molecule has 0 spiro atoms. The molecule has 0 saturated heterocycles. The molecular formula is C23H21N5O4. The first-order chi connectivity index (χ1) is 15.3. The molecule has 2 heterocycles. The third kappa shape index (κ3) is 3.64. The lowest BCUT2D eigenvalue weighted by molar-refractivity contribution is -0.385. The second-order valence-corrected chi connectivity index (χ2v) is 7.40. The van der Waals surface area contributed by atoms with Gasteiger partial charge in [0.2, 0.25) is 0 Å². The Labute approximate surface area is 183 Å². The molecule has 4 rings (SSSR count). The van der Waals surface area contributed by atoms with Gasteiger partial charge in [0.15, 0.2) is 5.82 Å². The first-order valence-corrected chi connectivity index (χ1v) is 9.87. The molecule has 1 amide bonds. The zero-order valence-electron chi connectivity index (χ0n) is 18.0. The highest BCUT2D eigenvalue weighted by Gasteiger charge is 2.20. The van der Waals surface area contributed by atoms with Gasteiger partial charge >= 0.3 is 0 Å². The summed E-state index contributed by atoms with van der Waals surface area (Å²) in [5.41, 5.74) is 2.74. The summed E-state index contributed by atoms with van der Waals surface area (Å²) < 4.78 is 7.00. The topological polar surface area (TPSA) is 112 Å². The number of amides is 1. The Bertz CT molecular complexity index is 1380. The molecule has 0 fully saturated rings. The van der Waals surface area contributed by atoms with Gasteiger partial charge in [-0.05, 0) is 44.5 Å². The number of nitrogens with one attached hydrogen (secondary N) is 1. The average molecular weight is 431 g/mol. The number of ether oxygens (including phenoxy) is 1. The quantitative estimate of drug-likeness (QED) is 0.367. The van der Waals surface area contributed by atoms with Crippen molar-refractivity contribution in [1.82, 2.24) is 14.8 Å². The van der Waals surface area contributed by atoms with Crippen LogP contribution in [-0.4, -0.2) is 32.7 Å². The van der Waals surface area contributed by atoms with Crippen LogP contribution in [0, 0.1) is 30.9 Å². The molecule has 1 N–H and O–H groups in total. The summed E-state index contributed by atoms with van der Waals surface area (Å²) in [6, 6.07) is 13.7. The zero-order chi connectivity index (χ0) is 23.0. The predicted octanol–water partition coefficient (Wildman–Crippen LogP) is 4.51. The number of anilines is 1. The molecule has 4 aromatic rings. The van der Waals surface area contributed by atoms with E-state index in [1.165, 1.54) is 12.1 Å². The second kappa shape index (κ2) is 8.10. The molecule has 0 bridgehead atoms. The van der Waals surface area contributed by atoms with Crippen molar-refractivity contribution in [2.75, 3.05) is 12.4 Å². The summed E-state index contributed by atoms with van der Waals surface area (Å²) in [5, 5.41) is 19.5. The van der Waals surface area contributed by atoms with E-state index in [4.69, 9.17) is 9.72 Å². The molecule has 162 valence electrons. The number of fused-ring (bicyclic) bond motifs is 1. The number of aryl methyl sites for hydroxylation is 2. The van der Waals surface area contributed by atoms with Crippen LogP contribution in [0.5, 0.6) is 5.75 Å². The third-order valence-corrected chi connectivity index (χ3v) is 5.25. The maximum absolute atomic E-state index is 13.0. The highest BCUT2D eigenvalue weighted by molar-refractivity contribution is 6.05. The Balaban J connectivity index is 1.77. The molecule has 9 heteroatoms. The van der Waals surface area contributed by atoms with Crippen LogP contribution in [0.3, 0.4) is 0 Å². The molecular weight excluding hydrogens is 410 g/mol. The van der Waals surface area contributed by atoms with Crippen LogP contribution in [0.2, 0.25) is 0 Å². The molecule has 9 nitrogen and oxygen atoms in total. The number of methoxy groups -OCH3 is 1. The van der Waals surface area contributed by atoms with Crippen LogP contribution in [0.4, 0.5) is 11.5 Å². The van der Waals surface area contributed by atoms with Gasteiger partial charge in [-0.3, -0.25) is 14.9 Å². The monoisotopic (exact) mass is 431 g/mol. The summed E-state index contributed by atoms with van der Waals surface area (Å²) in [6.45, 7) is 5.32. The van der Waals surface area contributed by atoms with Crippen molar-refractivity contribution in [2.24, 2.45) is 0 Å². The highest BCUT2D eigenvalue weighted by Crippen LogP contribution is 2.29. The van der Waals surface area contributed by atoms with Gasteiger partial charge in [-0.2, -0.15) is 9.78 Å². The van der Waals surface area contributed by atoms with Gasteiger partial charge in [-0.1, -0.05) is 18.2 Å². The fourth-order valence-corrected chi connectivity index (χ4v) is 3.66. The molecule has 2 aromatic carbocycles. The average Bonchev–Trinajstić information content (AvgIpc) is 3.13. The summed E-state index contributed by atoms with van der Waals surface area (Å²) >= 11 is 0. The van der Waals surface area contributed by atoms with Crippen LogP contribution in [0.25, 0.3) is 16.7 Å². The lowest BCUT2D eigenvalue weighted by Crippen LogP contribution is -2.17. The van der Waals surface area contributed by atoms with E-state index in [0.717, 1.165) is 10.9 Å². The largest absolute Gasteiger partial charge is 0.494 e. The van der Waals surface area contributed by atoms with Gasteiger partial charge in [0.05, 0.1) is 17.7 Å². The molecule has 2 aromatic heterocycles. The minimum Gasteiger partial charge on any atom is -0.494 e. The standard InChI is InChI=1S/C23H21N5O4/c1-13-11-20(24-22-16(13)7-6-10-19(22)32-4)27-21(12-14(2)26-27)25-23(29)17-8-5-9-18(15(17)3)28(30)31/h5-12H,1-4H3,(H,25,29). The van der Waals surface area contributed by atoms with Gasteiger partial charge in [0.25, 0.3) is 11.6 Å². The van der Waals surface area contributed by atoms with Crippen LogP contribution in [-0.2, 0) is 0 Å². The Morgan fingerprint density at radius 3 is 2.59 bits per heavy atom. The first-order valence-electron chi connectivity index (χ1n) is 9.87. The third-order valence-electron chi connectivity index (χ3n) is 5.25. The number of nitrogens with zero attached hydrogens (tertiary/aromatic N) is 4. The van der Waals surface area contributed by atoms with E-state index in [9.17, 15) is 14.9 Å². The minimum atomic E-state index is -0.504. The fraction of sp³-hybridized carbons (Fsp3) is 0.174. The molecule has 0 aliphatic rings. The number of nitro benzene ring substituents is 1. The number of aromatic nitrogens is 3. The zero-order valence-corrected chi connectivity index (χ0v) is 18.0. The van der Waals surface area contributed by atoms with E-state index < -0.39 is 10.8 Å². The van der Waals surface area contributed by atoms with Crippen LogP contribution >= 0.6 is 0 Å². The number of hydrogen-bond acceptors (Lipinski definition) is 6. The Morgan fingerprint density at radius 1 is 1.12 bits per heavy atom. The van der Waals surface area contributed by atoms with Crippen molar-refractivity contribution in [2.45, 2.75) is 20.8 Å². The molecule has 0 atom stereocenters. The van der Waals surface area contributed by atoms with Crippen LogP contribution in [0.1, 0.15) is 27.2 Å². The van der Waals surface area contributed by atoms with Crippen LogP contribution < -0.4 is 10.1 Å². The smallest absolute Gasteiger partial charge is 0.273 e. The summed E-state index contributed by atoms with van der Waals surface area (Å²) in [7, 11) is 1.59. The molecule has 0 unspecified atom stereocenters. The van der Waals surface area contributed by atoms with E-state index in [1.54, 1.807) is 37.8 Å². The number of carbonyl (C=O) groups is 1. The van der Waals surface area contributed by atoms with E-state index in [0.29, 0.717) is 34.2 Å². The lowest BCUT2D eigenvalue weighted by atomic mass is 10.1. The van der Waals surface area contributed by atoms with Crippen molar-refractivity contribution in [1.29, 1.82) is 0 Å². The number of para-hydroxylation sites is 1. The molecule has 32 heavy (non-hydrogen) atoms. The van der Waals surface area contributed by atoms with Crippen molar-refractivity contribution in [3.8, 4) is 11.6 Å². The predicted molar refractivity (Wildman–Crippen MR) is 121 cm³/mol. The Kier molecular flexibility index (Phi) is 5.31. The molecule has 0 aliphatic carbocycles. The molecule has 0 radical (unpaired) electrons. The van der Waals surface area contributed by atoms with E-state index in [1.807, 2.05) is 31.2 Å². The van der Waals surface area contributed by atoms with Gasteiger partial charge in [-0.25, -0.2) is 4.98 Å². The van der Waals surface area contributed by atoms with Gasteiger partial charge < -0.3 is 10.1 Å². The number of hydrogen-bond donors (Lipinski definition) is 1. The van der Waals surface area contributed by atoms with Crippen molar-refractivity contribution in [3.05, 3.63) is 81.0 Å². The Hall–Kier alpha value is -4.27. The van der Waals surface area contributed by atoms with E-state index in [2.05, 4.69) is 10.4 Å². The molecule has 0 aliphatic heterocycles. The number of pyridine rings is 1. The number of rotatable bonds is 5. The number of benzene rings is 2. The summed E-state index contributed by atoms with van der Waals surface area (Å²) in [5.74, 6) is 1.08. The maximum atomic E-state index is 13.0. The SMILES string of the molecule is COc1cccc2c(C)cc(-n3nc(C)cc3NC(=O)c3cccc([N+](=O)[O-])c3C)nc12. The second-order valence-electron chi connectivity index (χ2n) is 7.40. The highest BCUT2D eigenvalue weighted by atomic mass is 16.6. The van der Waals surface area contributed by atoms with Crippen molar-refractivity contribution in [3.63, 3.8) is 0 Å². The van der Waals surface area contributed by atoms with E-state index in [-0.39, 0.29) is 11.3 Å². The lowest BCUT2D eigenvalue weighted by Gasteiger charge is -2.13. The molecule has 0 saturated carbocycles.